The molecule has 0 aromatic rings. The molecule has 0 bridgehead atoms. The van der Waals surface area contributed by atoms with Gasteiger partial charge in [0.25, 0.3) is 0 Å². The van der Waals surface area contributed by atoms with Crippen molar-refractivity contribution in [2.75, 3.05) is 46.6 Å². The fraction of sp³-hybridized carbons (Fsp3) is 1.00. The predicted octanol–water partition coefficient (Wildman–Crippen LogP) is 0.460. The van der Waals surface area contributed by atoms with Crippen LogP contribution in [0, 0.1) is 5.92 Å². The second kappa shape index (κ2) is 9.66. The van der Waals surface area contributed by atoms with Crippen LogP contribution in [0.4, 0.5) is 0 Å². The first-order chi connectivity index (χ1) is 9.22. The minimum atomic E-state index is -0.434. The van der Waals surface area contributed by atoms with E-state index in [1.54, 1.807) is 7.11 Å². The molecule has 0 spiro atoms. The van der Waals surface area contributed by atoms with E-state index in [0.717, 1.165) is 13.1 Å². The smallest absolute Gasteiger partial charge is 0.0900 e. The monoisotopic (exact) mass is 274 g/mol. The summed E-state index contributed by atoms with van der Waals surface area (Å²) in [5.74, 6) is 0.585. The predicted molar refractivity (Wildman–Crippen MR) is 76.1 cm³/mol. The first-order valence-electron chi connectivity index (χ1n) is 7.41. The normalized spacial score (nSPS) is 25.1. The third-order valence-corrected chi connectivity index (χ3v) is 3.98. The van der Waals surface area contributed by atoms with Crippen molar-refractivity contribution in [1.29, 1.82) is 0 Å². The molecule has 3 N–H and O–H groups in total. The number of hydrogen-bond acceptors (Lipinski definition) is 5. The van der Waals surface area contributed by atoms with E-state index >= 15 is 0 Å². The van der Waals surface area contributed by atoms with Gasteiger partial charge < -0.3 is 20.3 Å². The van der Waals surface area contributed by atoms with Gasteiger partial charge in [0.2, 0.25) is 0 Å². The lowest BCUT2D eigenvalue weighted by Gasteiger charge is -2.33. The lowest BCUT2D eigenvalue weighted by Crippen LogP contribution is -2.45. The van der Waals surface area contributed by atoms with E-state index in [1.165, 1.54) is 19.3 Å². The number of nitrogens with zero attached hydrogens (tertiary/aromatic N) is 1. The van der Waals surface area contributed by atoms with Crippen molar-refractivity contribution in [3.05, 3.63) is 0 Å². The standard InChI is InChI=1S/C14H30N2O3/c1-3-16(14-6-4-5-12(14)9-15)10-13(17)11-19-8-7-18-2/h12-14,17H,3-11,15H2,1-2H3. The summed E-state index contributed by atoms with van der Waals surface area (Å²) in [6.07, 6.45) is 3.24. The zero-order chi connectivity index (χ0) is 14.1. The maximum Gasteiger partial charge on any atom is 0.0900 e. The van der Waals surface area contributed by atoms with E-state index < -0.39 is 6.10 Å². The number of hydrogen-bond donors (Lipinski definition) is 2. The van der Waals surface area contributed by atoms with Gasteiger partial charge in [-0.15, -0.1) is 0 Å². The van der Waals surface area contributed by atoms with E-state index in [2.05, 4.69) is 11.8 Å². The van der Waals surface area contributed by atoms with Gasteiger partial charge in [0.15, 0.2) is 0 Å². The highest BCUT2D eigenvalue weighted by Gasteiger charge is 2.31. The number of likely N-dealkylation sites (N-methyl/N-ethyl adjacent to an activating group) is 1. The molecular weight excluding hydrogens is 244 g/mol. The van der Waals surface area contributed by atoms with Gasteiger partial charge in [-0.1, -0.05) is 13.3 Å². The molecule has 19 heavy (non-hydrogen) atoms. The molecule has 3 unspecified atom stereocenters. The van der Waals surface area contributed by atoms with Gasteiger partial charge in [-0.3, -0.25) is 4.90 Å². The third kappa shape index (κ3) is 5.75. The van der Waals surface area contributed by atoms with Crippen LogP contribution in [0.1, 0.15) is 26.2 Å². The fourth-order valence-corrected chi connectivity index (χ4v) is 2.96. The maximum absolute atomic E-state index is 10.0. The molecule has 0 amide bonds. The number of aliphatic hydroxyl groups excluding tert-OH is 1. The number of ether oxygens (including phenoxy) is 2. The molecule has 1 rings (SSSR count). The summed E-state index contributed by atoms with van der Waals surface area (Å²) in [6.45, 7) is 6.00. The first-order valence-corrected chi connectivity index (χ1v) is 7.41. The molecule has 0 saturated heterocycles. The summed E-state index contributed by atoms with van der Waals surface area (Å²) in [7, 11) is 1.64. The van der Waals surface area contributed by atoms with Crippen molar-refractivity contribution in [3.8, 4) is 0 Å². The Bertz CT molecular complexity index is 229. The molecule has 1 aliphatic rings. The van der Waals surface area contributed by atoms with E-state index in [9.17, 15) is 5.11 Å². The highest BCUT2D eigenvalue weighted by atomic mass is 16.5. The first kappa shape index (κ1) is 16.9. The minimum absolute atomic E-state index is 0.375. The van der Waals surface area contributed by atoms with Crippen molar-refractivity contribution in [1.82, 2.24) is 4.90 Å². The molecule has 5 heteroatoms. The van der Waals surface area contributed by atoms with Crippen LogP contribution in [0.15, 0.2) is 0 Å². The molecule has 114 valence electrons. The summed E-state index contributed by atoms with van der Waals surface area (Å²) in [5.41, 5.74) is 5.83. The molecule has 1 saturated carbocycles. The molecule has 0 radical (unpaired) electrons. The van der Waals surface area contributed by atoms with Gasteiger partial charge in [-0.05, 0) is 31.8 Å². The Morgan fingerprint density at radius 3 is 2.79 bits per heavy atom. The van der Waals surface area contributed by atoms with Crippen LogP contribution in [-0.4, -0.2) is 68.7 Å². The van der Waals surface area contributed by atoms with Crippen LogP contribution in [0.5, 0.6) is 0 Å². The van der Waals surface area contributed by atoms with Crippen LogP contribution in [-0.2, 0) is 9.47 Å². The highest BCUT2D eigenvalue weighted by Crippen LogP contribution is 2.29. The van der Waals surface area contributed by atoms with Crippen molar-refractivity contribution in [3.63, 3.8) is 0 Å². The summed E-state index contributed by atoms with van der Waals surface area (Å²) in [5, 5.41) is 10.0. The number of rotatable bonds is 10. The molecular formula is C14H30N2O3. The summed E-state index contributed by atoms with van der Waals surface area (Å²) < 4.78 is 10.3. The molecule has 1 fully saturated rings. The molecule has 0 aliphatic heterocycles. The Kier molecular flexibility index (Phi) is 8.57. The second-order valence-electron chi connectivity index (χ2n) is 5.30. The Labute approximate surface area is 117 Å². The number of nitrogens with two attached hydrogens (primary N) is 1. The topological polar surface area (TPSA) is 68.0 Å². The Hall–Kier alpha value is -0.200. The molecule has 0 aromatic carbocycles. The summed E-state index contributed by atoms with van der Waals surface area (Å²) in [6, 6.07) is 0.531. The van der Waals surface area contributed by atoms with Gasteiger partial charge in [0, 0.05) is 19.7 Å². The number of methoxy groups -OCH3 is 1. The van der Waals surface area contributed by atoms with Crippen molar-refractivity contribution in [2.45, 2.75) is 38.3 Å². The zero-order valence-corrected chi connectivity index (χ0v) is 12.4. The van der Waals surface area contributed by atoms with Gasteiger partial charge in [-0.25, -0.2) is 0 Å². The molecule has 0 heterocycles. The molecule has 5 nitrogen and oxygen atoms in total. The molecule has 0 aromatic heterocycles. The summed E-state index contributed by atoms with van der Waals surface area (Å²) >= 11 is 0. The van der Waals surface area contributed by atoms with Gasteiger partial charge in [-0.2, -0.15) is 0 Å². The largest absolute Gasteiger partial charge is 0.389 e. The fourth-order valence-electron chi connectivity index (χ4n) is 2.96. The van der Waals surface area contributed by atoms with E-state index in [-0.39, 0.29) is 0 Å². The Balaban J connectivity index is 2.30. The summed E-state index contributed by atoms with van der Waals surface area (Å²) in [4.78, 5) is 2.36. The second-order valence-corrected chi connectivity index (χ2v) is 5.30. The van der Waals surface area contributed by atoms with E-state index in [0.29, 0.717) is 38.3 Å². The van der Waals surface area contributed by atoms with Gasteiger partial charge >= 0.3 is 0 Å². The van der Waals surface area contributed by atoms with Gasteiger partial charge in [0.1, 0.15) is 0 Å². The average Bonchev–Trinajstić information content (AvgIpc) is 2.89. The Morgan fingerprint density at radius 1 is 1.37 bits per heavy atom. The van der Waals surface area contributed by atoms with Crippen LogP contribution in [0.3, 0.4) is 0 Å². The van der Waals surface area contributed by atoms with Gasteiger partial charge in [0.05, 0.1) is 25.9 Å². The van der Waals surface area contributed by atoms with Crippen LogP contribution < -0.4 is 5.73 Å². The number of aliphatic hydroxyl groups is 1. The quantitative estimate of drug-likeness (QED) is 0.567. The van der Waals surface area contributed by atoms with Crippen molar-refractivity contribution in [2.24, 2.45) is 11.7 Å². The average molecular weight is 274 g/mol. The lowest BCUT2D eigenvalue weighted by molar-refractivity contribution is -0.00801. The lowest BCUT2D eigenvalue weighted by atomic mass is 10.0. The minimum Gasteiger partial charge on any atom is -0.389 e. The van der Waals surface area contributed by atoms with Crippen molar-refractivity contribution >= 4 is 0 Å². The maximum atomic E-state index is 10.0. The Morgan fingerprint density at radius 2 is 2.16 bits per heavy atom. The van der Waals surface area contributed by atoms with E-state index in [1.807, 2.05) is 0 Å². The van der Waals surface area contributed by atoms with E-state index in [4.69, 9.17) is 15.2 Å². The molecule has 1 aliphatic carbocycles. The SMILES string of the molecule is CCN(CC(O)COCCOC)C1CCCC1CN. The zero-order valence-electron chi connectivity index (χ0n) is 12.4. The highest BCUT2D eigenvalue weighted by molar-refractivity contribution is 4.86. The van der Waals surface area contributed by atoms with Crippen LogP contribution >= 0.6 is 0 Å². The van der Waals surface area contributed by atoms with Crippen LogP contribution in [0.2, 0.25) is 0 Å². The van der Waals surface area contributed by atoms with Crippen LogP contribution in [0.25, 0.3) is 0 Å². The molecule has 3 atom stereocenters. The third-order valence-electron chi connectivity index (χ3n) is 3.98. The van der Waals surface area contributed by atoms with Crippen molar-refractivity contribution < 1.29 is 14.6 Å².